The summed E-state index contributed by atoms with van der Waals surface area (Å²) in [5, 5.41) is 24.6. The number of benzene rings is 3. The van der Waals surface area contributed by atoms with Crippen molar-refractivity contribution in [2.45, 2.75) is 103 Å². The zero-order chi connectivity index (χ0) is 51.5. The molecule has 0 radical (unpaired) electrons. The van der Waals surface area contributed by atoms with Crippen LogP contribution in [0.25, 0.3) is 10.4 Å². The molecule has 5 amide bonds. The van der Waals surface area contributed by atoms with Crippen LogP contribution in [0.15, 0.2) is 54.0 Å². The van der Waals surface area contributed by atoms with Gasteiger partial charge in [0.1, 0.15) is 23.7 Å². The van der Waals surface area contributed by atoms with Crippen molar-refractivity contribution < 1.29 is 56.2 Å². The van der Waals surface area contributed by atoms with Crippen LogP contribution in [0.2, 0.25) is 0 Å². The first kappa shape index (κ1) is 54.9. The Hall–Kier alpha value is -5.43. The van der Waals surface area contributed by atoms with E-state index in [1.54, 1.807) is 44.5 Å². The number of aromatic nitrogens is 1. The highest BCUT2D eigenvalue weighted by molar-refractivity contribution is 14.1. The third-order valence-corrected chi connectivity index (χ3v) is 13.5. The van der Waals surface area contributed by atoms with E-state index in [4.69, 9.17) is 9.57 Å². The summed E-state index contributed by atoms with van der Waals surface area (Å²) in [5.74, 6) is -6.11. The molecule has 1 aromatic heterocycles. The van der Waals surface area contributed by atoms with Crippen LogP contribution in [0.1, 0.15) is 87.3 Å². The Morgan fingerprint density at radius 2 is 1.70 bits per heavy atom. The lowest BCUT2D eigenvalue weighted by atomic mass is 9.85. The lowest BCUT2D eigenvalue weighted by Crippen LogP contribution is -2.59. The molecule has 16 nitrogen and oxygen atoms in total. The highest BCUT2D eigenvalue weighted by atomic mass is 127. The number of anilines is 2. The van der Waals surface area contributed by atoms with E-state index in [1.807, 2.05) is 35.6 Å². The standard InChI is InChI=1S/C49H59F4IN8O8S/c1-28-42(71-27-58-28)29-9-10-30(24-57-45(66)37-23-32(63)25-62(37)46(67)43(48(2,3)4)60-47(68)49(53)15-16-49)38(21-29)69-26-39(64)56-19-7-5-6-17-55-18-8-20-70-61-44(65)33-12-13-34(50)40(52)41(33)59-36-14-11-31(54)22-35(36)51/h9-14,21-22,27,32,37,43,55,59,63H,5-8,15-20,23-26H2,1-4H3,(H,56,64)(H,57,66)(H,60,68)(H,61,65)/t32-,37?,43-/m1/s1. The van der Waals surface area contributed by atoms with Crippen molar-refractivity contribution in [2.75, 3.05) is 44.7 Å². The van der Waals surface area contributed by atoms with Crippen LogP contribution >= 0.6 is 33.9 Å². The number of carbonyl (C=O) groups is 5. The molecule has 4 aromatic rings. The number of nitrogens with one attached hydrogen (secondary N) is 6. The van der Waals surface area contributed by atoms with Gasteiger partial charge in [-0.15, -0.1) is 11.3 Å². The van der Waals surface area contributed by atoms with Crippen LogP contribution in [-0.2, 0) is 30.6 Å². The second-order valence-electron chi connectivity index (χ2n) is 18.6. The molecule has 22 heteroatoms. The van der Waals surface area contributed by atoms with Crippen LogP contribution in [-0.4, -0.2) is 108 Å². The van der Waals surface area contributed by atoms with E-state index >= 15 is 0 Å². The van der Waals surface area contributed by atoms with E-state index in [9.17, 15) is 46.6 Å². The van der Waals surface area contributed by atoms with E-state index in [0.717, 1.165) is 41.1 Å². The minimum absolute atomic E-state index is 0.0356. The van der Waals surface area contributed by atoms with Gasteiger partial charge in [0.2, 0.25) is 11.8 Å². The maximum atomic E-state index is 14.7. The summed E-state index contributed by atoms with van der Waals surface area (Å²) >= 11 is 3.35. The lowest BCUT2D eigenvalue weighted by Gasteiger charge is -2.35. The number of alkyl halides is 1. The maximum Gasteiger partial charge on any atom is 0.277 e. The van der Waals surface area contributed by atoms with Crippen molar-refractivity contribution in [3.8, 4) is 16.2 Å². The summed E-state index contributed by atoms with van der Waals surface area (Å²) in [7, 11) is 0. The van der Waals surface area contributed by atoms with Crippen molar-refractivity contribution in [1.29, 1.82) is 0 Å². The molecule has 1 saturated carbocycles. The Morgan fingerprint density at radius 1 is 0.958 bits per heavy atom. The number of thiazole rings is 1. The number of amides is 5. The lowest BCUT2D eigenvalue weighted by molar-refractivity contribution is -0.145. The molecular weight excluding hydrogens is 1060 g/mol. The average molecular weight is 1120 g/mol. The van der Waals surface area contributed by atoms with Crippen LogP contribution < -0.4 is 36.8 Å². The van der Waals surface area contributed by atoms with Crippen molar-refractivity contribution >= 4 is 74.8 Å². The number of nitrogens with zero attached hydrogens (tertiary/aromatic N) is 2. The monoisotopic (exact) mass is 1120 g/mol. The summed E-state index contributed by atoms with van der Waals surface area (Å²) in [5.41, 5.74) is 2.32. The largest absolute Gasteiger partial charge is 0.483 e. The number of hydrogen-bond donors (Lipinski definition) is 7. The number of aryl methyl sites for hydroxylation is 1. The van der Waals surface area contributed by atoms with Crippen LogP contribution in [0.3, 0.4) is 0 Å². The molecular formula is C49H59F4IN8O8S. The van der Waals surface area contributed by atoms with Gasteiger partial charge in [0, 0.05) is 35.2 Å². The second kappa shape index (κ2) is 24.8. The molecule has 1 aliphatic heterocycles. The van der Waals surface area contributed by atoms with Gasteiger partial charge >= 0.3 is 0 Å². The molecule has 6 rings (SSSR count). The van der Waals surface area contributed by atoms with Crippen molar-refractivity contribution in [3.05, 3.63) is 91.9 Å². The van der Waals surface area contributed by atoms with E-state index in [-0.39, 0.29) is 62.7 Å². The van der Waals surface area contributed by atoms with Gasteiger partial charge in [0.05, 0.1) is 45.7 Å². The number of unbranched alkanes of at least 4 members (excludes halogenated alkanes) is 2. The molecule has 71 heavy (non-hydrogen) atoms. The van der Waals surface area contributed by atoms with E-state index in [0.29, 0.717) is 47.4 Å². The van der Waals surface area contributed by atoms with Gasteiger partial charge in [-0.2, -0.15) is 0 Å². The molecule has 1 saturated heterocycles. The molecule has 3 atom stereocenters. The molecule has 0 spiro atoms. The predicted molar refractivity (Wildman–Crippen MR) is 267 cm³/mol. The van der Waals surface area contributed by atoms with Gasteiger partial charge in [-0.05, 0) is 122 Å². The van der Waals surface area contributed by atoms with E-state index in [1.165, 1.54) is 28.4 Å². The van der Waals surface area contributed by atoms with Gasteiger partial charge in [-0.3, -0.25) is 28.8 Å². The zero-order valence-corrected chi connectivity index (χ0v) is 42.8. The van der Waals surface area contributed by atoms with E-state index in [2.05, 4.69) is 37.0 Å². The minimum atomic E-state index is -2.01. The van der Waals surface area contributed by atoms with Crippen LogP contribution in [0.4, 0.5) is 28.9 Å². The second-order valence-corrected chi connectivity index (χ2v) is 20.7. The predicted octanol–water partition coefficient (Wildman–Crippen LogP) is 6.50. The molecule has 1 unspecified atom stereocenters. The molecule has 1 aliphatic carbocycles. The van der Waals surface area contributed by atoms with Gasteiger partial charge in [0.25, 0.3) is 17.7 Å². The number of aliphatic hydroxyl groups excluding tert-OH is 1. The Morgan fingerprint density at radius 3 is 2.41 bits per heavy atom. The SMILES string of the molecule is Cc1ncsc1-c1ccc(CNC(=O)C2C[C@@H](O)CN2C(=O)[C@@H](NC(=O)C2(F)CC2)C(C)(C)C)c(OCC(=O)NCCCCCNCCCONC(=O)c2ccc(F)c(F)c2Nc2ccc(I)cc2F)c1. The third-order valence-electron chi connectivity index (χ3n) is 11.9. The summed E-state index contributed by atoms with van der Waals surface area (Å²) in [6, 6.07) is 9.19. The Labute approximate surface area is 426 Å². The molecule has 7 N–H and O–H groups in total. The van der Waals surface area contributed by atoms with Crippen LogP contribution in [0, 0.1) is 33.4 Å². The Bertz CT molecular complexity index is 2560. The topological polar surface area (TPSA) is 212 Å². The highest BCUT2D eigenvalue weighted by Crippen LogP contribution is 2.41. The average Bonchev–Trinajstić information content (AvgIpc) is 3.73. The number of rotatable bonds is 24. The quantitative estimate of drug-likeness (QED) is 0.0174. The number of hydrogen-bond acceptors (Lipinski definition) is 12. The Kier molecular flexibility index (Phi) is 19.2. The number of aliphatic hydroxyl groups is 1. The van der Waals surface area contributed by atoms with Crippen molar-refractivity contribution in [1.82, 2.24) is 36.6 Å². The molecule has 2 aliphatic rings. The molecule has 0 bridgehead atoms. The molecule has 3 aromatic carbocycles. The first-order valence-electron chi connectivity index (χ1n) is 23.3. The van der Waals surface area contributed by atoms with Gasteiger partial charge < -0.3 is 41.3 Å². The third kappa shape index (κ3) is 15.1. The Balaban J connectivity index is 0.906. The molecule has 2 heterocycles. The minimum Gasteiger partial charge on any atom is -0.483 e. The highest BCUT2D eigenvalue weighted by Gasteiger charge is 2.53. The van der Waals surface area contributed by atoms with Gasteiger partial charge in [-0.1, -0.05) is 39.3 Å². The summed E-state index contributed by atoms with van der Waals surface area (Å²) in [6.45, 7) is 8.35. The smallest absolute Gasteiger partial charge is 0.277 e. The molecule has 384 valence electrons. The van der Waals surface area contributed by atoms with E-state index < -0.39 is 76.0 Å². The maximum absolute atomic E-state index is 14.7. The summed E-state index contributed by atoms with van der Waals surface area (Å²) < 4.78 is 64.4. The number of ether oxygens (including phenoxy) is 1. The fourth-order valence-corrected chi connectivity index (χ4v) is 8.96. The number of β-amino-alcohol motifs (C(OH)–C–C–N with tert-alkyl or cyclic N) is 1. The van der Waals surface area contributed by atoms with Crippen LogP contribution in [0.5, 0.6) is 5.75 Å². The normalized spacial score (nSPS) is 16.5. The number of carbonyl (C=O) groups excluding carboxylic acids is 5. The number of likely N-dealkylation sites (tertiary alicyclic amines) is 1. The first-order chi connectivity index (χ1) is 33.7. The number of halogens is 5. The van der Waals surface area contributed by atoms with Gasteiger partial charge in [-0.25, -0.2) is 28.0 Å². The summed E-state index contributed by atoms with van der Waals surface area (Å²) in [6.07, 6.45) is 1.96. The fourth-order valence-electron chi connectivity index (χ4n) is 7.70. The summed E-state index contributed by atoms with van der Waals surface area (Å²) in [4.78, 5) is 77.7. The molecule has 2 fully saturated rings. The van der Waals surface area contributed by atoms with Crippen molar-refractivity contribution in [2.24, 2.45) is 5.41 Å². The van der Waals surface area contributed by atoms with Crippen molar-refractivity contribution in [3.63, 3.8) is 0 Å². The fraction of sp³-hybridized carbons (Fsp3) is 0.469. The first-order valence-corrected chi connectivity index (χ1v) is 25.2. The number of hydroxylamine groups is 1. The zero-order valence-electron chi connectivity index (χ0n) is 39.8. The van der Waals surface area contributed by atoms with Gasteiger partial charge in [0.15, 0.2) is 23.9 Å².